The van der Waals surface area contributed by atoms with E-state index in [0.29, 0.717) is 46.0 Å². The molecule has 0 saturated carbocycles. The number of halogens is 1. The quantitative estimate of drug-likeness (QED) is 0.547. The van der Waals surface area contributed by atoms with Crippen molar-refractivity contribution >= 4 is 35.0 Å². The molecule has 1 aliphatic heterocycles. The number of oxazole rings is 1. The molecule has 0 unspecified atom stereocenters. The van der Waals surface area contributed by atoms with Gasteiger partial charge in [0, 0.05) is 40.3 Å². The van der Waals surface area contributed by atoms with Gasteiger partial charge in [-0.15, -0.1) is 0 Å². The number of nitrogens with one attached hydrogen (secondary N) is 1. The van der Waals surface area contributed by atoms with Crippen molar-refractivity contribution in [1.29, 1.82) is 0 Å². The van der Waals surface area contributed by atoms with E-state index in [1.807, 2.05) is 12.1 Å². The zero-order valence-corrected chi connectivity index (χ0v) is 16.4. The summed E-state index contributed by atoms with van der Waals surface area (Å²) in [5.41, 5.74) is 2.42. The molecule has 144 valence electrons. The zero-order chi connectivity index (χ0) is 19.3. The van der Waals surface area contributed by atoms with Gasteiger partial charge in [-0.05, 0) is 36.4 Å². The van der Waals surface area contributed by atoms with Gasteiger partial charge in [-0.1, -0.05) is 11.6 Å². The molecule has 3 aromatic rings. The lowest BCUT2D eigenvalue weighted by Gasteiger charge is -2.06. The fourth-order valence-corrected chi connectivity index (χ4v) is 3.58. The Hall–Kier alpha value is -2.64. The molecular formula is C20H17ClN2O4S. The monoisotopic (exact) mass is 416 g/mol. The van der Waals surface area contributed by atoms with Crippen molar-refractivity contribution in [2.75, 3.05) is 17.9 Å². The molecule has 2 heterocycles. The van der Waals surface area contributed by atoms with Crippen LogP contribution in [0.15, 0.2) is 53.1 Å². The summed E-state index contributed by atoms with van der Waals surface area (Å²) in [4.78, 5) is 16.6. The highest BCUT2D eigenvalue weighted by Gasteiger charge is 2.14. The number of benzene rings is 2. The summed E-state index contributed by atoms with van der Waals surface area (Å²) in [6, 6.07) is 12.7. The number of amides is 1. The number of aromatic nitrogens is 1. The molecule has 0 radical (unpaired) electrons. The van der Waals surface area contributed by atoms with Gasteiger partial charge in [-0.3, -0.25) is 4.79 Å². The average Bonchev–Trinajstić information content (AvgIpc) is 3.35. The van der Waals surface area contributed by atoms with Crippen molar-refractivity contribution < 1.29 is 18.7 Å². The van der Waals surface area contributed by atoms with Gasteiger partial charge in [0.1, 0.15) is 6.26 Å². The molecular weight excluding hydrogens is 400 g/mol. The number of nitrogens with zero attached hydrogens (tertiary/aromatic N) is 1. The van der Waals surface area contributed by atoms with E-state index in [0.717, 1.165) is 11.3 Å². The van der Waals surface area contributed by atoms with E-state index in [-0.39, 0.29) is 12.7 Å². The molecule has 1 aliphatic rings. The minimum atomic E-state index is -0.0478. The van der Waals surface area contributed by atoms with E-state index in [1.54, 1.807) is 48.4 Å². The average molecular weight is 417 g/mol. The lowest BCUT2D eigenvalue weighted by Crippen LogP contribution is -2.12. The number of carbonyl (C=O) groups excluding carboxylic acids is 1. The van der Waals surface area contributed by atoms with Gasteiger partial charge in [0.05, 0.1) is 5.69 Å². The molecule has 8 heteroatoms. The van der Waals surface area contributed by atoms with Gasteiger partial charge in [-0.25, -0.2) is 4.98 Å². The normalized spacial score (nSPS) is 12.2. The Morgan fingerprint density at radius 3 is 2.82 bits per heavy atom. The van der Waals surface area contributed by atoms with E-state index >= 15 is 0 Å². The molecule has 0 spiro atoms. The molecule has 6 nitrogen and oxygen atoms in total. The lowest BCUT2D eigenvalue weighted by molar-refractivity contribution is -0.115. The van der Waals surface area contributed by atoms with Crippen LogP contribution >= 0.6 is 23.4 Å². The summed E-state index contributed by atoms with van der Waals surface area (Å²) in [6.45, 7) is 0.213. The molecule has 0 aliphatic carbocycles. The van der Waals surface area contributed by atoms with Crippen molar-refractivity contribution in [2.45, 2.75) is 12.2 Å². The minimum absolute atomic E-state index is 0.0478. The van der Waals surface area contributed by atoms with Crippen molar-refractivity contribution in [3.05, 3.63) is 59.4 Å². The molecule has 1 aromatic heterocycles. The van der Waals surface area contributed by atoms with E-state index in [9.17, 15) is 4.79 Å². The Kier molecular flexibility index (Phi) is 5.73. The first-order valence-corrected chi connectivity index (χ1v) is 10.2. The first-order chi connectivity index (χ1) is 13.7. The van der Waals surface area contributed by atoms with Crippen LogP contribution in [0.4, 0.5) is 5.69 Å². The van der Waals surface area contributed by atoms with E-state index < -0.39 is 0 Å². The van der Waals surface area contributed by atoms with Crippen LogP contribution in [0.2, 0.25) is 5.02 Å². The molecule has 2 aromatic carbocycles. The molecule has 1 amide bonds. The van der Waals surface area contributed by atoms with Crippen molar-refractivity contribution in [3.8, 4) is 23.0 Å². The lowest BCUT2D eigenvalue weighted by atomic mass is 10.2. The Balaban J connectivity index is 1.21. The van der Waals surface area contributed by atoms with E-state index in [2.05, 4.69) is 10.3 Å². The van der Waals surface area contributed by atoms with Crippen LogP contribution in [-0.2, 0) is 10.5 Å². The number of hydrogen-bond acceptors (Lipinski definition) is 6. The smallest absolute Gasteiger partial charge is 0.231 e. The molecule has 0 atom stereocenters. The summed E-state index contributed by atoms with van der Waals surface area (Å²) in [5.74, 6) is 3.21. The topological polar surface area (TPSA) is 73.6 Å². The molecule has 0 saturated heterocycles. The van der Waals surface area contributed by atoms with Crippen molar-refractivity contribution in [2.24, 2.45) is 0 Å². The molecule has 0 bridgehead atoms. The first-order valence-electron chi connectivity index (χ1n) is 8.65. The van der Waals surface area contributed by atoms with Crippen LogP contribution < -0.4 is 14.8 Å². The summed E-state index contributed by atoms with van der Waals surface area (Å²) in [5, 5.41) is 3.54. The van der Waals surface area contributed by atoms with Crippen LogP contribution in [0.25, 0.3) is 11.5 Å². The molecule has 1 N–H and O–H groups in total. The maximum atomic E-state index is 12.1. The Morgan fingerprint density at radius 1 is 1.14 bits per heavy atom. The zero-order valence-electron chi connectivity index (χ0n) is 14.8. The van der Waals surface area contributed by atoms with E-state index in [4.69, 9.17) is 25.5 Å². The van der Waals surface area contributed by atoms with Crippen molar-refractivity contribution in [1.82, 2.24) is 4.98 Å². The van der Waals surface area contributed by atoms with Crippen LogP contribution in [0.5, 0.6) is 11.5 Å². The maximum absolute atomic E-state index is 12.1. The Morgan fingerprint density at radius 2 is 1.96 bits per heavy atom. The molecule has 28 heavy (non-hydrogen) atoms. The highest BCUT2D eigenvalue weighted by molar-refractivity contribution is 7.98. The highest BCUT2D eigenvalue weighted by Crippen LogP contribution is 2.34. The van der Waals surface area contributed by atoms with Crippen LogP contribution in [0.3, 0.4) is 0 Å². The highest BCUT2D eigenvalue weighted by atomic mass is 35.5. The summed E-state index contributed by atoms with van der Waals surface area (Å²) >= 11 is 7.52. The maximum Gasteiger partial charge on any atom is 0.231 e. The number of fused-ring (bicyclic) bond motifs is 1. The van der Waals surface area contributed by atoms with Crippen molar-refractivity contribution in [3.63, 3.8) is 0 Å². The first kappa shape index (κ1) is 18.7. The van der Waals surface area contributed by atoms with Gasteiger partial charge in [0.25, 0.3) is 0 Å². The van der Waals surface area contributed by atoms with Crippen LogP contribution in [-0.4, -0.2) is 23.4 Å². The predicted molar refractivity (Wildman–Crippen MR) is 109 cm³/mol. The second-order valence-corrected chi connectivity index (χ2v) is 7.61. The van der Waals surface area contributed by atoms with Gasteiger partial charge in [0.15, 0.2) is 11.5 Å². The predicted octanol–water partition coefficient (Wildman–Crippen LogP) is 4.99. The number of ether oxygens (including phenoxy) is 2. The third-order valence-electron chi connectivity index (χ3n) is 4.02. The van der Waals surface area contributed by atoms with Gasteiger partial charge in [-0.2, -0.15) is 11.8 Å². The second-order valence-electron chi connectivity index (χ2n) is 6.07. The van der Waals surface area contributed by atoms with Crippen LogP contribution in [0, 0.1) is 0 Å². The number of hydrogen-bond donors (Lipinski definition) is 1. The number of rotatable bonds is 7. The van der Waals surface area contributed by atoms with Gasteiger partial charge < -0.3 is 19.2 Å². The number of carbonyl (C=O) groups is 1. The third kappa shape index (κ3) is 4.61. The summed E-state index contributed by atoms with van der Waals surface area (Å²) < 4.78 is 16.1. The van der Waals surface area contributed by atoms with E-state index in [1.165, 1.54) is 0 Å². The second kappa shape index (κ2) is 8.58. The fourth-order valence-electron chi connectivity index (χ4n) is 2.64. The van der Waals surface area contributed by atoms with Gasteiger partial charge >= 0.3 is 0 Å². The third-order valence-corrected chi connectivity index (χ3v) is 5.27. The minimum Gasteiger partial charge on any atom is -0.454 e. The summed E-state index contributed by atoms with van der Waals surface area (Å²) in [7, 11) is 0. The van der Waals surface area contributed by atoms with Gasteiger partial charge in [0.2, 0.25) is 18.6 Å². The standard InChI is InChI=1S/C20H17ClN2O4S/c21-14-3-1-13(2-4-14)20-23-16(10-25-20)11-28-8-7-19(24)22-15-5-6-17-18(9-15)27-12-26-17/h1-6,9-10H,7-8,11-12H2,(H,22,24). The largest absolute Gasteiger partial charge is 0.454 e. The van der Waals surface area contributed by atoms with Crippen LogP contribution in [0.1, 0.15) is 12.1 Å². The Bertz CT molecular complexity index is 975. The fraction of sp³-hybridized carbons (Fsp3) is 0.200. The SMILES string of the molecule is O=C(CCSCc1coc(-c2ccc(Cl)cc2)n1)Nc1ccc2c(c1)OCO2. The Labute approximate surface area is 171 Å². The molecule has 4 rings (SSSR count). The number of thioether (sulfide) groups is 1. The molecule has 0 fully saturated rings. The number of anilines is 1. The summed E-state index contributed by atoms with van der Waals surface area (Å²) in [6.07, 6.45) is 2.05.